The number of nitrogens with zero attached hydrogens (tertiary/aromatic N) is 3. The average Bonchev–Trinajstić information content (AvgIpc) is 3.00. The molecule has 0 bridgehead atoms. The minimum atomic E-state index is 0.420. The van der Waals surface area contributed by atoms with Gasteiger partial charge in [0.2, 0.25) is 0 Å². The van der Waals surface area contributed by atoms with Crippen LogP contribution in [0.2, 0.25) is 5.15 Å². The van der Waals surface area contributed by atoms with Crippen LogP contribution in [-0.2, 0) is 0 Å². The molecule has 0 amide bonds. The summed E-state index contributed by atoms with van der Waals surface area (Å²) in [6.45, 7) is 2.06. The van der Waals surface area contributed by atoms with Crippen LogP contribution in [0.1, 0.15) is 5.56 Å². The van der Waals surface area contributed by atoms with Gasteiger partial charge in [0.15, 0.2) is 11.4 Å². The van der Waals surface area contributed by atoms with Gasteiger partial charge < -0.3 is 4.42 Å². The Balaban J connectivity index is 1.98. The quantitative estimate of drug-likeness (QED) is 0.528. The Kier molecular flexibility index (Phi) is 2.35. The first kappa shape index (κ1) is 11.5. The maximum Gasteiger partial charge on any atom is 0.155 e. The second-order valence-corrected chi connectivity index (χ2v) is 5.11. The highest BCUT2D eigenvalue weighted by Crippen LogP contribution is 2.28. The zero-order valence-corrected chi connectivity index (χ0v) is 11.4. The van der Waals surface area contributed by atoms with Crippen molar-refractivity contribution in [2.24, 2.45) is 0 Å². The van der Waals surface area contributed by atoms with Crippen molar-refractivity contribution in [2.45, 2.75) is 6.92 Å². The van der Waals surface area contributed by atoms with Gasteiger partial charge in [-0.05, 0) is 37.3 Å². The van der Waals surface area contributed by atoms with Gasteiger partial charge >= 0.3 is 0 Å². The number of fused-ring (bicyclic) bond motifs is 2. The summed E-state index contributed by atoms with van der Waals surface area (Å²) in [7, 11) is 0. The molecule has 0 radical (unpaired) electrons. The zero-order valence-electron chi connectivity index (χ0n) is 10.7. The summed E-state index contributed by atoms with van der Waals surface area (Å²) >= 11 is 5.94. The monoisotopic (exact) mass is 283 g/mol. The molecule has 0 fully saturated rings. The lowest BCUT2D eigenvalue weighted by Gasteiger charge is -1.97. The Bertz CT molecular complexity index is 939. The van der Waals surface area contributed by atoms with E-state index in [4.69, 9.17) is 16.0 Å². The Morgan fingerprint density at radius 3 is 2.95 bits per heavy atom. The molecular weight excluding hydrogens is 274 g/mol. The second kappa shape index (κ2) is 4.08. The van der Waals surface area contributed by atoms with Crippen molar-refractivity contribution in [3.63, 3.8) is 0 Å². The molecule has 1 aromatic carbocycles. The van der Waals surface area contributed by atoms with Crippen molar-refractivity contribution in [3.8, 4) is 11.5 Å². The van der Waals surface area contributed by atoms with E-state index >= 15 is 0 Å². The third kappa shape index (κ3) is 1.69. The number of imidazole rings is 1. The molecular formula is C15H10ClN3O. The van der Waals surface area contributed by atoms with Gasteiger partial charge in [-0.25, -0.2) is 9.50 Å². The molecule has 0 aliphatic rings. The van der Waals surface area contributed by atoms with Crippen LogP contribution in [-0.4, -0.2) is 14.6 Å². The average molecular weight is 284 g/mol. The molecule has 0 saturated carbocycles. The summed E-state index contributed by atoms with van der Waals surface area (Å²) in [6, 6.07) is 11.6. The summed E-state index contributed by atoms with van der Waals surface area (Å²) in [5, 5.41) is 5.75. The van der Waals surface area contributed by atoms with E-state index < -0.39 is 0 Å². The molecule has 98 valence electrons. The molecule has 4 nitrogen and oxygen atoms in total. The van der Waals surface area contributed by atoms with E-state index in [0.717, 1.165) is 28.1 Å². The lowest BCUT2D eigenvalue weighted by Crippen LogP contribution is -1.93. The minimum Gasteiger partial charge on any atom is -0.454 e. The Hall–Kier alpha value is -2.33. The topological polar surface area (TPSA) is 43.3 Å². The van der Waals surface area contributed by atoms with E-state index in [1.54, 1.807) is 16.8 Å². The standard InChI is InChI=1S/C15H10ClN3O/c1-9-2-3-12-10(6-9)7-13(20-12)11-8-17-15-5-4-14(16)18-19(11)15/h2-8H,1H3. The van der Waals surface area contributed by atoms with Gasteiger partial charge in [0.25, 0.3) is 0 Å². The number of aromatic nitrogens is 3. The third-order valence-electron chi connectivity index (χ3n) is 3.25. The molecule has 0 aliphatic heterocycles. The largest absolute Gasteiger partial charge is 0.454 e. The van der Waals surface area contributed by atoms with Gasteiger partial charge in [-0.15, -0.1) is 0 Å². The lowest BCUT2D eigenvalue weighted by atomic mass is 10.2. The lowest BCUT2D eigenvalue weighted by molar-refractivity contribution is 0.625. The van der Waals surface area contributed by atoms with Gasteiger partial charge in [-0.3, -0.25) is 0 Å². The first-order valence-electron chi connectivity index (χ1n) is 6.21. The normalized spacial score (nSPS) is 11.5. The summed E-state index contributed by atoms with van der Waals surface area (Å²) < 4.78 is 7.56. The summed E-state index contributed by atoms with van der Waals surface area (Å²) in [5.74, 6) is 0.730. The van der Waals surface area contributed by atoms with E-state index in [9.17, 15) is 0 Å². The predicted molar refractivity (Wildman–Crippen MR) is 77.9 cm³/mol. The van der Waals surface area contributed by atoms with Crippen molar-refractivity contribution >= 4 is 28.2 Å². The van der Waals surface area contributed by atoms with Crippen LogP contribution in [0.3, 0.4) is 0 Å². The van der Waals surface area contributed by atoms with Crippen LogP contribution in [0.25, 0.3) is 28.1 Å². The second-order valence-electron chi connectivity index (χ2n) is 4.72. The molecule has 0 unspecified atom stereocenters. The molecule has 5 heteroatoms. The number of aryl methyl sites for hydroxylation is 1. The van der Waals surface area contributed by atoms with E-state index in [1.807, 2.05) is 24.3 Å². The molecule has 0 spiro atoms. The van der Waals surface area contributed by atoms with E-state index in [2.05, 4.69) is 23.1 Å². The Morgan fingerprint density at radius 2 is 2.05 bits per heavy atom. The number of rotatable bonds is 1. The number of furan rings is 1. The summed E-state index contributed by atoms with van der Waals surface area (Å²) in [4.78, 5) is 4.31. The van der Waals surface area contributed by atoms with Gasteiger partial charge in [-0.1, -0.05) is 23.2 Å². The van der Waals surface area contributed by atoms with Crippen molar-refractivity contribution in [2.75, 3.05) is 0 Å². The van der Waals surface area contributed by atoms with Crippen LogP contribution in [0.4, 0.5) is 0 Å². The number of hydrogen-bond donors (Lipinski definition) is 0. The summed E-state index contributed by atoms with van der Waals surface area (Å²) in [5.41, 5.74) is 3.57. The molecule has 0 saturated heterocycles. The third-order valence-corrected chi connectivity index (χ3v) is 3.46. The predicted octanol–water partition coefficient (Wildman–Crippen LogP) is 4.10. The minimum absolute atomic E-state index is 0.420. The highest BCUT2D eigenvalue weighted by Gasteiger charge is 2.12. The highest BCUT2D eigenvalue weighted by atomic mass is 35.5. The fourth-order valence-corrected chi connectivity index (χ4v) is 2.45. The molecule has 4 aromatic rings. The Morgan fingerprint density at radius 1 is 1.15 bits per heavy atom. The maximum atomic E-state index is 5.94. The van der Waals surface area contributed by atoms with E-state index in [0.29, 0.717) is 5.15 Å². The Labute approximate surface area is 119 Å². The van der Waals surface area contributed by atoms with Crippen molar-refractivity contribution in [1.82, 2.24) is 14.6 Å². The van der Waals surface area contributed by atoms with Crippen molar-refractivity contribution < 1.29 is 4.42 Å². The smallest absolute Gasteiger partial charge is 0.155 e. The van der Waals surface area contributed by atoms with Gasteiger partial charge in [0.05, 0.1) is 6.20 Å². The summed E-state index contributed by atoms with van der Waals surface area (Å²) in [6.07, 6.45) is 1.74. The maximum absolute atomic E-state index is 5.94. The van der Waals surface area contributed by atoms with E-state index in [-0.39, 0.29) is 0 Å². The molecule has 3 aromatic heterocycles. The van der Waals surface area contributed by atoms with Crippen LogP contribution >= 0.6 is 11.6 Å². The molecule has 0 aliphatic carbocycles. The number of benzene rings is 1. The molecule has 0 N–H and O–H groups in total. The molecule has 4 rings (SSSR count). The molecule has 20 heavy (non-hydrogen) atoms. The number of halogens is 1. The van der Waals surface area contributed by atoms with Crippen LogP contribution in [0, 0.1) is 6.92 Å². The SMILES string of the molecule is Cc1ccc2oc(-c3cnc4ccc(Cl)nn34)cc2c1. The van der Waals surface area contributed by atoms with Gasteiger partial charge in [-0.2, -0.15) is 5.10 Å². The number of hydrogen-bond acceptors (Lipinski definition) is 3. The fraction of sp³-hybridized carbons (Fsp3) is 0.0667. The van der Waals surface area contributed by atoms with Crippen LogP contribution in [0.15, 0.2) is 47.0 Å². The highest BCUT2D eigenvalue weighted by molar-refractivity contribution is 6.29. The molecule has 3 heterocycles. The van der Waals surface area contributed by atoms with Gasteiger partial charge in [0.1, 0.15) is 16.4 Å². The fourth-order valence-electron chi connectivity index (χ4n) is 2.31. The van der Waals surface area contributed by atoms with Crippen LogP contribution in [0.5, 0.6) is 0 Å². The van der Waals surface area contributed by atoms with E-state index in [1.165, 1.54) is 5.56 Å². The van der Waals surface area contributed by atoms with Crippen LogP contribution < -0.4 is 0 Å². The zero-order chi connectivity index (χ0) is 13.7. The van der Waals surface area contributed by atoms with Gasteiger partial charge in [0, 0.05) is 5.39 Å². The molecule has 0 atom stereocenters. The first-order valence-corrected chi connectivity index (χ1v) is 6.59. The van der Waals surface area contributed by atoms with Crippen molar-refractivity contribution in [3.05, 3.63) is 53.3 Å². The first-order chi connectivity index (χ1) is 9.70. The van der Waals surface area contributed by atoms with Crippen molar-refractivity contribution in [1.29, 1.82) is 0 Å².